The maximum atomic E-state index is 15.5. The number of primary amides is 1. The van der Waals surface area contributed by atoms with Crippen LogP contribution < -0.4 is 108 Å². The number of rotatable bonds is 55. The lowest BCUT2D eigenvalue weighted by atomic mass is 10.0. The number of carbonyl (C=O) groups is 16. The summed E-state index contributed by atoms with van der Waals surface area (Å²) >= 11 is 9.89. The monoisotopic (exact) mass is 1850 g/mol. The number of para-hydroxylation sites is 3. The van der Waals surface area contributed by atoms with Crippen molar-refractivity contribution in [2.24, 2.45) is 28.7 Å². The SMILES string of the molecule is CSCC[C@H](NC(=O)[C@H](CCCCN)NC(=O)[C@H](Cc1c[nH]c2ccccc12)NC(=O)[C@H](Cc1c[nH]c2ccccc12)NC(=O)[C@@H]1CCCN1C(=O)[C@H](CS)NC(=O)[C@H](C)NC(=O)[C@@H](N)CO)C(=O)N[C@@H](Cc1c[nH]c2ccccc12)C(=O)N[C@@H](CCC(N)=O)C(=O)N[C@@H](CS)C(=O)NCC(=O)NCC(=O)N[C@@H](CCCNC(=N)N)C(=O)N[C@@H](CCCNC(=N)N)C(=O)O. The van der Waals surface area contributed by atoms with E-state index in [2.05, 4.69) is 120 Å². The molecule has 3 aromatic carbocycles. The Morgan fingerprint density at radius 3 is 1.35 bits per heavy atom. The van der Waals surface area contributed by atoms with Gasteiger partial charge in [-0.05, 0) is 131 Å². The molecule has 0 radical (unpaired) electrons. The lowest BCUT2D eigenvalue weighted by molar-refractivity contribution is -0.142. The number of guanidine groups is 2. The summed E-state index contributed by atoms with van der Waals surface area (Å²) in [5, 5.41) is 74.5. The number of aliphatic carboxylic acids is 1. The molecule has 44 nitrogen and oxygen atoms in total. The molecular weight excluding hydrogens is 1730 g/mol. The third kappa shape index (κ3) is 32.5. The maximum Gasteiger partial charge on any atom is 0.326 e. The number of unbranched alkanes of at least 4 members (excludes halogenated alkanes) is 1. The van der Waals surface area contributed by atoms with E-state index in [1.165, 1.54) is 23.6 Å². The molecule has 0 bridgehead atoms. The summed E-state index contributed by atoms with van der Waals surface area (Å²) in [5.74, 6) is -15.8. The van der Waals surface area contributed by atoms with Crippen LogP contribution in [0.3, 0.4) is 0 Å². The zero-order valence-corrected chi connectivity index (χ0v) is 74.0. The minimum Gasteiger partial charge on any atom is -0.480 e. The molecule has 1 saturated heterocycles. The molecule has 3 aromatic heterocycles. The quantitative estimate of drug-likeness (QED) is 0.00734. The number of hydrogen-bond donors (Lipinski definition) is 29. The number of aliphatic hydroxyl groups is 1. The molecule has 0 saturated carbocycles. The molecule has 6 aromatic rings. The molecule has 4 heterocycles. The Hall–Kier alpha value is -12.7. The number of amides is 15. The van der Waals surface area contributed by atoms with E-state index in [9.17, 15) is 63.0 Å². The van der Waals surface area contributed by atoms with E-state index in [-0.39, 0.29) is 120 Å². The van der Waals surface area contributed by atoms with Crippen LogP contribution in [0.1, 0.15) is 101 Å². The highest BCUT2D eigenvalue weighted by Crippen LogP contribution is 2.25. The van der Waals surface area contributed by atoms with E-state index >= 15 is 24.0 Å². The van der Waals surface area contributed by atoms with Crippen LogP contribution in [0.15, 0.2) is 91.4 Å². The molecule has 0 spiro atoms. The van der Waals surface area contributed by atoms with Gasteiger partial charge in [-0.3, -0.25) is 82.7 Å². The van der Waals surface area contributed by atoms with Gasteiger partial charge in [-0.1, -0.05) is 54.6 Å². The Bertz CT molecular complexity index is 4940. The van der Waals surface area contributed by atoms with E-state index in [0.29, 0.717) is 62.2 Å². The van der Waals surface area contributed by atoms with Crippen molar-refractivity contribution in [3.05, 3.63) is 108 Å². The third-order valence-corrected chi connectivity index (χ3v) is 22.5. The normalized spacial score (nSPS) is 15.2. The number of thiol groups is 2. The molecular formula is C82H118N26O18S3. The number of likely N-dealkylation sites (tertiary alicyclic amines) is 1. The molecule has 47 heteroatoms. The first-order valence-electron chi connectivity index (χ1n) is 41.9. The van der Waals surface area contributed by atoms with Crippen LogP contribution in [0.25, 0.3) is 32.7 Å². The van der Waals surface area contributed by atoms with Crippen LogP contribution in [-0.2, 0) is 96.0 Å². The minimum atomic E-state index is -1.68. The second-order valence-electron chi connectivity index (χ2n) is 30.8. The number of aromatic nitrogens is 3. The number of hydrogen-bond acceptors (Lipinski definition) is 24. The second-order valence-corrected chi connectivity index (χ2v) is 32.5. The molecule has 129 heavy (non-hydrogen) atoms. The lowest BCUT2D eigenvalue weighted by Gasteiger charge is -2.30. The molecule has 15 amide bonds. The summed E-state index contributed by atoms with van der Waals surface area (Å²) in [6.07, 6.45) is 6.09. The van der Waals surface area contributed by atoms with Gasteiger partial charge in [0.15, 0.2) is 11.9 Å². The Balaban J connectivity index is 1.09. The van der Waals surface area contributed by atoms with Crippen molar-refractivity contribution >= 4 is 176 Å². The largest absolute Gasteiger partial charge is 0.480 e. The molecule has 0 aliphatic carbocycles. The first kappa shape index (κ1) is 103. The number of thioether (sulfide) groups is 1. The van der Waals surface area contributed by atoms with Gasteiger partial charge in [0.1, 0.15) is 78.5 Å². The van der Waals surface area contributed by atoms with Gasteiger partial charge in [-0.15, -0.1) is 0 Å². The van der Waals surface area contributed by atoms with Crippen molar-refractivity contribution in [3.63, 3.8) is 0 Å². The first-order valence-corrected chi connectivity index (χ1v) is 44.6. The summed E-state index contributed by atoms with van der Waals surface area (Å²) in [6, 6.07) is 2.83. The van der Waals surface area contributed by atoms with Crippen molar-refractivity contribution in [1.29, 1.82) is 10.8 Å². The number of H-pyrrole nitrogens is 3. The predicted molar refractivity (Wildman–Crippen MR) is 487 cm³/mol. The van der Waals surface area contributed by atoms with Crippen molar-refractivity contribution in [3.8, 4) is 0 Å². The number of aromatic amines is 3. The zero-order chi connectivity index (χ0) is 94.4. The van der Waals surface area contributed by atoms with Gasteiger partial charge < -0.3 is 138 Å². The van der Waals surface area contributed by atoms with Gasteiger partial charge in [-0.2, -0.15) is 37.0 Å². The highest BCUT2D eigenvalue weighted by molar-refractivity contribution is 7.98. The van der Waals surface area contributed by atoms with E-state index in [1.807, 2.05) is 12.1 Å². The van der Waals surface area contributed by atoms with Crippen LogP contribution in [0.5, 0.6) is 0 Å². The zero-order valence-electron chi connectivity index (χ0n) is 71.4. The summed E-state index contributed by atoms with van der Waals surface area (Å²) in [6.45, 7) is -0.473. The number of carboxylic acid groups (broad SMARTS) is 1. The average Bonchev–Trinajstić information content (AvgIpc) is 1.68. The first-order chi connectivity index (χ1) is 61.7. The Kier molecular flexibility index (Phi) is 42.1. The predicted octanol–water partition coefficient (Wildman–Crippen LogP) is -5.33. The molecule has 1 aliphatic heterocycles. The smallest absolute Gasteiger partial charge is 0.326 e. The van der Waals surface area contributed by atoms with Gasteiger partial charge in [0.2, 0.25) is 88.6 Å². The third-order valence-electron chi connectivity index (χ3n) is 21.2. The van der Waals surface area contributed by atoms with Gasteiger partial charge in [0.05, 0.1) is 19.7 Å². The molecule has 1 aliphatic rings. The Morgan fingerprint density at radius 2 is 0.891 bits per heavy atom. The second kappa shape index (κ2) is 52.5. The standard InChI is InChI=1S/C82H118N26O18S3/c1-43(97-69(114)50(84)40-109)68(113)107-63(42-128)79(124)108-30-13-23-64(108)78(123)105-61(34-46-37-94-53-19-8-5-16-49(46)53)77(122)104-60(33-45-36-93-52-18-7-4-15-48(45)52)75(120)99-55(20-9-10-27-83)72(117)101-57(26-31-129-2)74(119)103-59(32-44-35-92-51-17-6-3-14-47(44)51)76(121)100-56(24-25-65(85)110)73(118)106-62(41-127)70(115)96-38-66(111)95-39-67(112)98-54(21-11-28-90-81(86)87)71(116)102-58(80(125)126)22-12-29-91-82(88)89/h3-8,14-19,35-37,43,50,54-64,92-94,109,127-128H,9-13,20-34,38-42,83-84H2,1-2H3,(H2,85,110)(H,95,111)(H,96,115)(H,97,114)(H,98,112)(H,99,120)(H,100,121)(H,101,117)(H,102,116)(H,103,119)(H,104,122)(H,105,123)(H,106,118)(H,107,113)(H,125,126)(H4,86,87,90)(H4,88,89,91)/t43-,50-,54-,55-,56-,57-,58-,59-,60-,61-,62-,63-,64-/m0/s1. The van der Waals surface area contributed by atoms with E-state index in [4.69, 9.17) is 39.5 Å². The fourth-order valence-corrected chi connectivity index (χ4v) is 15.2. The Morgan fingerprint density at radius 1 is 0.481 bits per heavy atom. The number of fused-ring (bicyclic) bond motifs is 3. The molecule has 702 valence electrons. The maximum absolute atomic E-state index is 15.5. The van der Waals surface area contributed by atoms with Crippen LogP contribution in [0, 0.1) is 10.8 Å². The average molecular weight is 1850 g/mol. The highest BCUT2D eigenvalue weighted by Gasteiger charge is 2.42. The van der Waals surface area contributed by atoms with Gasteiger partial charge >= 0.3 is 5.97 Å². The fraction of sp³-hybridized carbons (Fsp3) is 0.488. The number of nitrogens with one attached hydrogen (secondary N) is 20. The molecule has 7 rings (SSSR count). The highest BCUT2D eigenvalue weighted by atomic mass is 32.2. The van der Waals surface area contributed by atoms with Crippen LogP contribution in [0.2, 0.25) is 0 Å². The minimum absolute atomic E-state index is 0.0592. The van der Waals surface area contributed by atoms with Gasteiger partial charge in [0.25, 0.3) is 0 Å². The molecule has 0 unspecified atom stereocenters. The van der Waals surface area contributed by atoms with E-state index in [0.717, 1.165) is 0 Å². The van der Waals surface area contributed by atoms with Gasteiger partial charge in [0, 0.05) is 108 Å². The molecule has 1 fully saturated rings. The van der Waals surface area contributed by atoms with E-state index in [1.54, 1.807) is 85.5 Å². The summed E-state index contributed by atoms with van der Waals surface area (Å²) in [7, 11) is 0. The topological polar surface area (TPSA) is 722 Å². The van der Waals surface area contributed by atoms with Crippen LogP contribution >= 0.6 is 37.0 Å². The fourth-order valence-electron chi connectivity index (χ4n) is 14.2. The molecule has 13 atom stereocenters. The van der Waals surface area contributed by atoms with Crippen molar-refractivity contribution < 1.29 is 86.9 Å². The van der Waals surface area contributed by atoms with Crippen LogP contribution in [0.4, 0.5) is 0 Å². The summed E-state index contributed by atoms with van der Waals surface area (Å²) in [5.41, 5.74) is 31.5. The van der Waals surface area contributed by atoms with Gasteiger partial charge in [-0.25, -0.2) is 4.79 Å². The summed E-state index contributed by atoms with van der Waals surface area (Å²) in [4.78, 5) is 235. The number of carboxylic acids is 1. The van der Waals surface area contributed by atoms with Crippen molar-refractivity contribution in [2.75, 3.05) is 69.4 Å². The lowest BCUT2D eigenvalue weighted by Crippen LogP contribution is -2.61. The number of carbonyl (C=O) groups excluding carboxylic acids is 15. The van der Waals surface area contributed by atoms with Crippen molar-refractivity contribution in [2.45, 2.75) is 182 Å². The number of nitrogens with zero attached hydrogens (tertiary/aromatic N) is 1. The van der Waals surface area contributed by atoms with Crippen LogP contribution in [-0.4, -0.2) is 284 Å². The Labute approximate surface area is 757 Å². The molecule has 32 N–H and O–H groups in total. The summed E-state index contributed by atoms with van der Waals surface area (Å²) < 4.78 is 0. The number of benzene rings is 3. The van der Waals surface area contributed by atoms with E-state index < -0.39 is 211 Å². The number of nitrogens with two attached hydrogens (primary N) is 5. The van der Waals surface area contributed by atoms with Crippen molar-refractivity contribution in [1.82, 2.24) is 99.6 Å². The number of aliphatic hydroxyl groups excluding tert-OH is 1.